The van der Waals surface area contributed by atoms with E-state index < -0.39 is 0 Å². The van der Waals surface area contributed by atoms with Gasteiger partial charge in [-0.2, -0.15) is 0 Å². The zero-order valence-corrected chi connectivity index (χ0v) is 9.60. The molecule has 82 valence electrons. The van der Waals surface area contributed by atoms with E-state index in [2.05, 4.69) is 5.32 Å². The van der Waals surface area contributed by atoms with E-state index in [0.29, 0.717) is 0 Å². The first-order valence-corrected chi connectivity index (χ1v) is 5.33. The van der Waals surface area contributed by atoms with Crippen LogP contribution in [0.4, 0.5) is 5.69 Å². The van der Waals surface area contributed by atoms with Crippen LogP contribution in [0.15, 0.2) is 12.1 Å². The summed E-state index contributed by atoms with van der Waals surface area (Å²) in [6.07, 6.45) is 0.935. The van der Waals surface area contributed by atoms with Crippen molar-refractivity contribution in [1.29, 1.82) is 0 Å². The zero-order chi connectivity index (χ0) is 10.8. The molecule has 0 unspecified atom stereocenters. The first-order valence-electron chi connectivity index (χ1n) is 4.90. The Hall–Kier alpha value is -1.09. The van der Waals surface area contributed by atoms with E-state index in [4.69, 9.17) is 21.1 Å². The topological polar surface area (TPSA) is 30.5 Å². The second-order valence-corrected chi connectivity index (χ2v) is 4.00. The molecule has 0 saturated heterocycles. The predicted molar refractivity (Wildman–Crippen MR) is 61.2 cm³/mol. The van der Waals surface area contributed by atoms with E-state index in [-0.39, 0.29) is 5.38 Å². The van der Waals surface area contributed by atoms with Crippen molar-refractivity contribution >= 4 is 17.3 Å². The Morgan fingerprint density at radius 1 is 1.27 bits per heavy atom. The molecule has 0 amide bonds. The van der Waals surface area contributed by atoms with Gasteiger partial charge in [0.2, 0.25) is 0 Å². The molecule has 4 heteroatoms. The third-order valence-corrected chi connectivity index (χ3v) is 3.06. The maximum absolute atomic E-state index is 6.24. The molecule has 1 heterocycles. The third kappa shape index (κ3) is 1.84. The van der Waals surface area contributed by atoms with Crippen molar-refractivity contribution in [3.05, 3.63) is 17.7 Å². The molecule has 0 radical (unpaired) electrons. The molecule has 0 aromatic heterocycles. The van der Waals surface area contributed by atoms with Crippen molar-refractivity contribution < 1.29 is 9.47 Å². The number of hydrogen-bond donors (Lipinski definition) is 1. The molecule has 1 aromatic rings. The lowest BCUT2D eigenvalue weighted by molar-refractivity contribution is 0.354. The van der Waals surface area contributed by atoms with Gasteiger partial charge in [0.25, 0.3) is 0 Å². The van der Waals surface area contributed by atoms with Gasteiger partial charge in [0.15, 0.2) is 11.5 Å². The number of nitrogens with one attached hydrogen (secondary N) is 1. The van der Waals surface area contributed by atoms with E-state index in [1.165, 1.54) is 0 Å². The second-order valence-electron chi connectivity index (χ2n) is 3.48. The van der Waals surface area contributed by atoms with Crippen molar-refractivity contribution in [3.8, 4) is 11.5 Å². The van der Waals surface area contributed by atoms with Crippen LogP contribution in [-0.2, 0) is 0 Å². The van der Waals surface area contributed by atoms with E-state index >= 15 is 0 Å². The minimum Gasteiger partial charge on any atom is -0.493 e. The minimum atomic E-state index is 0.0565. The van der Waals surface area contributed by atoms with Gasteiger partial charge in [0.1, 0.15) is 0 Å². The zero-order valence-electron chi connectivity index (χ0n) is 8.84. The number of benzene rings is 1. The first-order chi connectivity index (χ1) is 7.26. The van der Waals surface area contributed by atoms with Crippen molar-refractivity contribution in [3.63, 3.8) is 0 Å². The van der Waals surface area contributed by atoms with Crippen LogP contribution in [0.1, 0.15) is 17.4 Å². The molecule has 0 fully saturated rings. The Labute approximate surface area is 94.3 Å². The number of rotatable bonds is 2. The average molecular weight is 228 g/mol. The van der Waals surface area contributed by atoms with Crippen LogP contribution in [0.5, 0.6) is 11.5 Å². The molecule has 0 bridgehead atoms. The number of ether oxygens (including phenoxy) is 2. The summed E-state index contributed by atoms with van der Waals surface area (Å²) in [5.74, 6) is 1.46. The summed E-state index contributed by atoms with van der Waals surface area (Å²) < 4.78 is 10.5. The number of hydrogen-bond acceptors (Lipinski definition) is 3. The molecule has 0 saturated carbocycles. The third-order valence-electron chi connectivity index (χ3n) is 2.61. The quantitative estimate of drug-likeness (QED) is 0.789. The van der Waals surface area contributed by atoms with Crippen LogP contribution >= 0.6 is 11.6 Å². The SMILES string of the molecule is COc1cc2c(cc1OC)[C@H](Cl)CCN2. The summed E-state index contributed by atoms with van der Waals surface area (Å²) in [4.78, 5) is 0. The molecule has 0 spiro atoms. The highest BCUT2D eigenvalue weighted by atomic mass is 35.5. The number of alkyl halides is 1. The molecule has 15 heavy (non-hydrogen) atoms. The van der Waals surface area contributed by atoms with Crippen molar-refractivity contribution in [1.82, 2.24) is 0 Å². The van der Waals surface area contributed by atoms with Crippen LogP contribution in [0, 0.1) is 0 Å². The van der Waals surface area contributed by atoms with Gasteiger partial charge in [-0.05, 0) is 18.1 Å². The lowest BCUT2D eigenvalue weighted by Gasteiger charge is -2.24. The molecular weight excluding hydrogens is 214 g/mol. The molecule has 3 nitrogen and oxygen atoms in total. The van der Waals surface area contributed by atoms with Gasteiger partial charge >= 0.3 is 0 Å². The monoisotopic (exact) mass is 227 g/mol. The highest BCUT2D eigenvalue weighted by Crippen LogP contribution is 2.41. The standard InChI is InChI=1S/C11H14ClNO2/c1-14-10-5-7-8(12)3-4-13-9(7)6-11(10)15-2/h5-6,8,13H,3-4H2,1-2H3/t8-/m1/s1. The first kappa shape index (κ1) is 10.4. The summed E-state index contributed by atoms with van der Waals surface area (Å²) in [5, 5.41) is 3.36. The van der Waals surface area contributed by atoms with Gasteiger partial charge < -0.3 is 14.8 Å². The highest BCUT2D eigenvalue weighted by molar-refractivity contribution is 6.21. The van der Waals surface area contributed by atoms with Crippen LogP contribution in [0.2, 0.25) is 0 Å². The normalized spacial score (nSPS) is 19.0. The molecule has 0 aliphatic carbocycles. The van der Waals surface area contributed by atoms with Gasteiger partial charge in [0.05, 0.1) is 19.6 Å². The number of methoxy groups -OCH3 is 2. The number of anilines is 1. The average Bonchev–Trinajstić information content (AvgIpc) is 2.28. The predicted octanol–water partition coefficient (Wildman–Crippen LogP) is 2.80. The molecule has 1 aromatic carbocycles. The van der Waals surface area contributed by atoms with Gasteiger partial charge in [-0.15, -0.1) is 11.6 Å². The molecular formula is C11H14ClNO2. The van der Waals surface area contributed by atoms with Crippen LogP contribution in [-0.4, -0.2) is 20.8 Å². The second kappa shape index (κ2) is 4.19. The summed E-state index contributed by atoms with van der Waals surface area (Å²) >= 11 is 6.24. The number of fused-ring (bicyclic) bond motifs is 1. The maximum atomic E-state index is 6.24. The summed E-state index contributed by atoms with van der Waals surface area (Å²) in [6.45, 7) is 0.899. The maximum Gasteiger partial charge on any atom is 0.162 e. The minimum absolute atomic E-state index is 0.0565. The Morgan fingerprint density at radius 3 is 2.60 bits per heavy atom. The Bertz CT molecular complexity index is 368. The lowest BCUT2D eigenvalue weighted by Crippen LogP contribution is -2.14. The lowest BCUT2D eigenvalue weighted by atomic mass is 10.0. The molecule has 1 N–H and O–H groups in total. The van der Waals surface area contributed by atoms with Crippen LogP contribution < -0.4 is 14.8 Å². The Morgan fingerprint density at radius 2 is 1.93 bits per heavy atom. The van der Waals surface area contributed by atoms with Gasteiger partial charge in [-0.25, -0.2) is 0 Å². The summed E-state index contributed by atoms with van der Waals surface area (Å²) in [5.41, 5.74) is 2.12. The van der Waals surface area contributed by atoms with Crippen molar-refractivity contribution in [2.24, 2.45) is 0 Å². The van der Waals surface area contributed by atoms with Crippen molar-refractivity contribution in [2.75, 3.05) is 26.1 Å². The smallest absolute Gasteiger partial charge is 0.162 e. The van der Waals surface area contributed by atoms with Gasteiger partial charge in [-0.1, -0.05) is 0 Å². The molecule has 1 aliphatic rings. The Kier molecular flexibility index (Phi) is 2.91. The summed E-state index contributed by atoms with van der Waals surface area (Å²) in [7, 11) is 3.26. The number of halogens is 1. The fourth-order valence-electron chi connectivity index (χ4n) is 1.80. The highest BCUT2D eigenvalue weighted by Gasteiger charge is 2.20. The molecule has 1 aliphatic heterocycles. The summed E-state index contributed by atoms with van der Waals surface area (Å²) in [6, 6.07) is 3.88. The van der Waals surface area contributed by atoms with E-state index in [1.807, 2.05) is 12.1 Å². The Balaban J connectivity index is 2.48. The largest absolute Gasteiger partial charge is 0.493 e. The van der Waals surface area contributed by atoms with E-state index in [0.717, 1.165) is 35.7 Å². The van der Waals surface area contributed by atoms with Crippen LogP contribution in [0.3, 0.4) is 0 Å². The fraction of sp³-hybridized carbons (Fsp3) is 0.455. The van der Waals surface area contributed by atoms with E-state index in [1.54, 1.807) is 14.2 Å². The van der Waals surface area contributed by atoms with E-state index in [9.17, 15) is 0 Å². The fourth-order valence-corrected chi connectivity index (χ4v) is 2.09. The van der Waals surface area contributed by atoms with Crippen LogP contribution in [0.25, 0.3) is 0 Å². The molecule has 2 rings (SSSR count). The molecule has 1 atom stereocenters. The van der Waals surface area contributed by atoms with Crippen molar-refractivity contribution in [2.45, 2.75) is 11.8 Å². The van der Waals surface area contributed by atoms with Gasteiger partial charge in [0, 0.05) is 18.3 Å². The van der Waals surface area contributed by atoms with Gasteiger partial charge in [-0.3, -0.25) is 0 Å².